The van der Waals surface area contributed by atoms with Crippen molar-refractivity contribution in [2.45, 2.75) is 32.7 Å². The van der Waals surface area contributed by atoms with E-state index < -0.39 is 11.8 Å². The summed E-state index contributed by atoms with van der Waals surface area (Å²) < 4.78 is 0. The third-order valence-electron chi connectivity index (χ3n) is 4.41. The molecule has 0 spiro atoms. The maximum absolute atomic E-state index is 12.7. The molecule has 2 aromatic carbocycles. The summed E-state index contributed by atoms with van der Waals surface area (Å²) in [4.78, 5) is 26.2. The van der Waals surface area contributed by atoms with Gasteiger partial charge < -0.3 is 5.32 Å². The van der Waals surface area contributed by atoms with E-state index in [9.17, 15) is 9.59 Å². The van der Waals surface area contributed by atoms with Crippen molar-refractivity contribution in [3.63, 3.8) is 0 Å². The highest BCUT2D eigenvalue weighted by atomic mass is 35.5. The smallest absolute Gasteiger partial charge is 0.279 e. The molecule has 1 aliphatic rings. The van der Waals surface area contributed by atoms with Gasteiger partial charge >= 0.3 is 0 Å². The van der Waals surface area contributed by atoms with E-state index in [2.05, 4.69) is 12.2 Å². The molecule has 0 unspecified atom stereocenters. The first-order chi connectivity index (χ1) is 13.0. The molecule has 27 heavy (non-hydrogen) atoms. The van der Waals surface area contributed by atoms with Crippen molar-refractivity contribution in [2.24, 2.45) is 0 Å². The molecule has 2 aromatic rings. The number of nitrogens with zero attached hydrogens (tertiary/aromatic N) is 1. The number of unbranched alkanes of at least 4 members (excludes halogenated alkanes) is 1. The minimum atomic E-state index is -0.501. The number of halogens is 2. The van der Waals surface area contributed by atoms with E-state index >= 15 is 0 Å². The minimum Gasteiger partial charge on any atom is -0.350 e. The highest BCUT2D eigenvalue weighted by Gasteiger charge is 2.37. The van der Waals surface area contributed by atoms with Crippen LogP contribution in [-0.2, 0) is 22.6 Å². The van der Waals surface area contributed by atoms with Crippen LogP contribution < -0.4 is 5.32 Å². The van der Waals surface area contributed by atoms with Crippen LogP contribution >= 0.6 is 23.2 Å². The zero-order valence-electron chi connectivity index (χ0n) is 15.0. The number of nitrogens with one attached hydrogen (secondary N) is 1. The third kappa shape index (κ3) is 4.52. The maximum atomic E-state index is 12.7. The highest BCUT2D eigenvalue weighted by molar-refractivity contribution is 6.48. The molecule has 3 rings (SSSR count). The van der Waals surface area contributed by atoms with Crippen molar-refractivity contribution >= 4 is 40.7 Å². The van der Waals surface area contributed by atoms with Crippen LogP contribution in [0.15, 0.2) is 59.3 Å². The molecule has 0 radical (unpaired) electrons. The van der Waals surface area contributed by atoms with Crippen LogP contribution in [0.25, 0.3) is 0 Å². The van der Waals surface area contributed by atoms with Gasteiger partial charge in [0.15, 0.2) is 0 Å². The number of hydrogen-bond acceptors (Lipinski definition) is 3. The fourth-order valence-electron chi connectivity index (χ4n) is 2.85. The van der Waals surface area contributed by atoms with Crippen LogP contribution in [-0.4, -0.2) is 16.7 Å². The third-order valence-corrected chi connectivity index (χ3v) is 5.01. The summed E-state index contributed by atoms with van der Waals surface area (Å²) in [7, 11) is 0. The number of carbonyl (C=O) groups is 2. The molecular weight excluding hydrogens is 383 g/mol. The summed E-state index contributed by atoms with van der Waals surface area (Å²) in [6.45, 7) is 2.30. The van der Waals surface area contributed by atoms with Gasteiger partial charge in [0.2, 0.25) is 0 Å². The molecule has 0 saturated heterocycles. The second-order valence-electron chi connectivity index (χ2n) is 6.44. The predicted molar refractivity (Wildman–Crippen MR) is 109 cm³/mol. The van der Waals surface area contributed by atoms with E-state index in [0.29, 0.717) is 5.02 Å². The summed E-state index contributed by atoms with van der Waals surface area (Å²) in [6.07, 6.45) is 3.30. The molecule has 0 atom stereocenters. The SMILES string of the molecule is CCCCc1ccc(NC2=C(Cl)C(=O)N(Cc3ccc(Cl)cc3)C2=O)cc1. The molecule has 140 valence electrons. The molecule has 6 heteroatoms. The number of imide groups is 1. The van der Waals surface area contributed by atoms with Crippen LogP contribution in [0, 0.1) is 0 Å². The Morgan fingerprint density at radius 2 is 1.52 bits per heavy atom. The first-order valence-electron chi connectivity index (χ1n) is 8.86. The van der Waals surface area contributed by atoms with Gasteiger partial charge in [-0.15, -0.1) is 0 Å². The molecule has 4 nitrogen and oxygen atoms in total. The maximum Gasteiger partial charge on any atom is 0.279 e. The fraction of sp³-hybridized carbons (Fsp3) is 0.238. The highest BCUT2D eigenvalue weighted by Crippen LogP contribution is 2.27. The summed E-state index contributed by atoms with van der Waals surface area (Å²) in [5.74, 6) is -0.936. The van der Waals surface area contributed by atoms with Crippen molar-refractivity contribution < 1.29 is 9.59 Å². The van der Waals surface area contributed by atoms with Gasteiger partial charge in [-0.2, -0.15) is 0 Å². The van der Waals surface area contributed by atoms with Crippen LogP contribution in [0.1, 0.15) is 30.9 Å². The lowest BCUT2D eigenvalue weighted by molar-refractivity contribution is -0.138. The number of benzene rings is 2. The molecule has 2 amide bonds. The topological polar surface area (TPSA) is 49.4 Å². The fourth-order valence-corrected chi connectivity index (χ4v) is 3.21. The van der Waals surface area contributed by atoms with Crippen molar-refractivity contribution in [3.05, 3.63) is 75.4 Å². The van der Waals surface area contributed by atoms with Crippen LogP contribution in [0.3, 0.4) is 0 Å². The average Bonchev–Trinajstić information content (AvgIpc) is 2.87. The number of hydrogen-bond donors (Lipinski definition) is 1. The van der Waals surface area contributed by atoms with E-state index in [4.69, 9.17) is 23.2 Å². The number of anilines is 1. The van der Waals surface area contributed by atoms with E-state index in [0.717, 1.165) is 35.4 Å². The van der Waals surface area contributed by atoms with Gasteiger partial charge in [0.25, 0.3) is 11.8 Å². The van der Waals surface area contributed by atoms with Crippen molar-refractivity contribution in [1.29, 1.82) is 0 Å². The molecule has 1 N–H and O–H groups in total. The molecule has 0 bridgehead atoms. The van der Waals surface area contributed by atoms with Gasteiger partial charge in [0.1, 0.15) is 10.7 Å². The molecule has 0 aliphatic carbocycles. The lowest BCUT2D eigenvalue weighted by Gasteiger charge is -2.15. The Morgan fingerprint density at radius 1 is 0.889 bits per heavy atom. The van der Waals surface area contributed by atoms with Crippen molar-refractivity contribution in [1.82, 2.24) is 4.90 Å². The van der Waals surface area contributed by atoms with E-state index in [1.54, 1.807) is 24.3 Å². The second-order valence-corrected chi connectivity index (χ2v) is 7.25. The summed E-state index contributed by atoms with van der Waals surface area (Å²) in [5.41, 5.74) is 2.86. The number of rotatable bonds is 7. The second kappa shape index (κ2) is 8.59. The monoisotopic (exact) mass is 402 g/mol. The standard InChI is InChI=1S/C21H20Cl2N2O2/c1-2-3-4-14-7-11-17(12-8-14)24-19-18(23)20(26)25(21(19)27)13-15-5-9-16(22)10-6-15/h5-12,24H,2-4,13H2,1H3. The Morgan fingerprint density at radius 3 is 2.15 bits per heavy atom. The van der Waals surface area contributed by atoms with E-state index in [-0.39, 0.29) is 17.3 Å². The Kier molecular flexibility index (Phi) is 6.19. The van der Waals surface area contributed by atoms with E-state index in [1.165, 1.54) is 5.56 Å². The normalized spacial score (nSPS) is 14.3. The Balaban J connectivity index is 1.71. The van der Waals surface area contributed by atoms with Crippen LogP contribution in [0.4, 0.5) is 5.69 Å². The van der Waals surface area contributed by atoms with E-state index in [1.807, 2.05) is 24.3 Å². The number of carbonyl (C=O) groups excluding carboxylic acids is 2. The molecule has 1 heterocycles. The first-order valence-corrected chi connectivity index (χ1v) is 9.61. The summed E-state index contributed by atoms with van der Waals surface area (Å²) in [5, 5.41) is 3.50. The zero-order chi connectivity index (χ0) is 19.4. The Hall–Kier alpha value is -2.30. The zero-order valence-corrected chi connectivity index (χ0v) is 16.5. The Bertz CT molecular complexity index is 874. The first kappa shape index (κ1) is 19.5. The molecule has 0 saturated carbocycles. The molecule has 0 aromatic heterocycles. The largest absolute Gasteiger partial charge is 0.350 e. The van der Waals surface area contributed by atoms with Crippen LogP contribution in [0.5, 0.6) is 0 Å². The molecular formula is C21H20Cl2N2O2. The quantitative estimate of drug-likeness (QED) is 0.654. The Labute approximate surface area is 168 Å². The van der Waals surface area contributed by atoms with Crippen molar-refractivity contribution in [2.75, 3.05) is 5.32 Å². The van der Waals surface area contributed by atoms with Gasteiger partial charge in [-0.25, -0.2) is 0 Å². The van der Waals surface area contributed by atoms with Crippen LogP contribution in [0.2, 0.25) is 5.02 Å². The lowest BCUT2D eigenvalue weighted by Crippen LogP contribution is -2.31. The predicted octanol–water partition coefficient (Wildman–Crippen LogP) is 5.11. The van der Waals surface area contributed by atoms with Gasteiger partial charge in [-0.1, -0.05) is 60.8 Å². The average molecular weight is 403 g/mol. The van der Waals surface area contributed by atoms with Crippen molar-refractivity contribution in [3.8, 4) is 0 Å². The number of amides is 2. The molecule has 1 aliphatic heterocycles. The minimum absolute atomic E-state index is 0.0935. The summed E-state index contributed by atoms with van der Waals surface area (Å²) in [6, 6.07) is 14.8. The lowest BCUT2D eigenvalue weighted by atomic mass is 10.1. The van der Waals surface area contributed by atoms with Gasteiger partial charge in [-0.3, -0.25) is 14.5 Å². The van der Waals surface area contributed by atoms with Gasteiger partial charge in [0.05, 0.1) is 6.54 Å². The molecule has 0 fully saturated rings. The number of aryl methyl sites for hydroxylation is 1. The summed E-state index contributed by atoms with van der Waals surface area (Å²) >= 11 is 12.0. The van der Waals surface area contributed by atoms with Gasteiger partial charge in [0, 0.05) is 10.7 Å². The van der Waals surface area contributed by atoms with Gasteiger partial charge in [-0.05, 0) is 48.2 Å².